The van der Waals surface area contributed by atoms with E-state index in [0.29, 0.717) is 0 Å². The summed E-state index contributed by atoms with van der Waals surface area (Å²) < 4.78 is 26.0. The highest BCUT2D eigenvalue weighted by atomic mass is 33.7. The van der Waals surface area contributed by atoms with Crippen LogP contribution in [0.1, 0.15) is 119 Å². The lowest BCUT2D eigenvalue weighted by atomic mass is 10.3. The summed E-state index contributed by atoms with van der Waals surface area (Å²) in [5.41, 5.74) is -0.526. The maximum absolute atomic E-state index is 6.50. The second-order valence-corrected chi connectivity index (χ2v) is 20.9. The van der Waals surface area contributed by atoms with Gasteiger partial charge < -0.3 is 18.9 Å². The van der Waals surface area contributed by atoms with E-state index in [1.807, 2.05) is 41.2 Å². The first-order valence-electron chi connectivity index (χ1n) is 15.7. The topological polar surface area (TPSA) is 36.9 Å². The van der Waals surface area contributed by atoms with Gasteiger partial charge in [-0.05, 0) is 45.3 Å². The number of hydrogen-bond donors (Lipinski definition) is 0. The maximum Gasteiger partial charge on any atom is 0.145 e. The third-order valence-electron chi connectivity index (χ3n) is 6.53. The van der Waals surface area contributed by atoms with Gasteiger partial charge in [0.05, 0.1) is 19.0 Å². The van der Waals surface area contributed by atoms with Crippen molar-refractivity contribution < 1.29 is 18.9 Å². The summed E-state index contributed by atoms with van der Waals surface area (Å²) in [6.07, 6.45) is 13.7. The molecule has 0 saturated carbocycles. The summed E-state index contributed by atoms with van der Waals surface area (Å²) in [5, 5.41) is 0. The fourth-order valence-corrected chi connectivity index (χ4v) is 14.4. The zero-order chi connectivity index (χ0) is 28.2. The normalized spacial score (nSPS) is 13.1. The quantitative estimate of drug-likeness (QED) is 0.0320. The minimum atomic E-state index is -0.430. The predicted octanol–water partition coefficient (Wildman–Crippen LogP) is 9.01. The Hall–Kier alpha value is 1.67. The van der Waals surface area contributed by atoms with Crippen LogP contribution in [0.15, 0.2) is 0 Å². The summed E-state index contributed by atoms with van der Waals surface area (Å²) in [6, 6.07) is 2.59. The highest BCUT2D eigenvalue weighted by molar-refractivity contribution is 9.26. The van der Waals surface area contributed by atoms with E-state index in [0.717, 1.165) is 76.5 Å². The van der Waals surface area contributed by atoms with Gasteiger partial charge in [-0.2, -0.15) is 0 Å². The van der Waals surface area contributed by atoms with Crippen LogP contribution in [0.5, 0.6) is 0 Å². The molecule has 0 bridgehead atoms. The van der Waals surface area contributed by atoms with Gasteiger partial charge >= 0.3 is 0 Å². The Kier molecular flexibility index (Phi) is 30.0. The van der Waals surface area contributed by atoms with Gasteiger partial charge in [0.1, 0.15) is 10.8 Å². The molecule has 10 heteroatoms. The minimum absolute atomic E-state index is 0.263. The van der Waals surface area contributed by atoms with Gasteiger partial charge in [0.2, 0.25) is 0 Å². The molecule has 0 aliphatic carbocycles. The van der Waals surface area contributed by atoms with Gasteiger partial charge in [0.25, 0.3) is 0 Å². The number of ether oxygens (including phenoxy) is 4. The van der Waals surface area contributed by atoms with Crippen molar-refractivity contribution in [1.29, 1.82) is 0 Å². The van der Waals surface area contributed by atoms with E-state index in [4.69, 9.17) is 18.9 Å². The molecule has 0 aromatic heterocycles. The van der Waals surface area contributed by atoms with Crippen molar-refractivity contribution in [2.24, 2.45) is 0 Å². The van der Waals surface area contributed by atoms with Gasteiger partial charge in [0, 0.05) is 50.8 Å². The van der Waals surface area contributed by atoms with E-state index in [9.17, 15) is 0 Å². The second-order valence-electron chi connectivity index (χ2n) is 10.1. The molecule has 0 heterocycles. The highest BCUT2D eigenvalue weighted by Crippen LogP contribution is 2.44. The summed E-state index contributed by atoms with van der Waals surface area (Å²) in [4.78, 5) is 0. The molecule has 0 fully saturated rings. The predicted molar refractivity (Wildman–Crippen MR) is 186 cm³/mol. The van der Waals surface area contributed by atoms with Crippen LogP contribution in [-0.2, 0) is 18.9 Å². The average molecular weight is 647 g/mol. The van der Waals surface area contributed by atoms with E-state index in [2.05, 4.69) is 41.5 Å². The summed E-state index contributed by atoms with van der Waals surface area (Å²) in [6.45, 7) is 16.9. The van der Waals surface area contributed by atoms with Crippen molar-refractivity contribution in [2.75, 3.05) is 37.9 Å². The Bertz CT molecular complexity index is 434. The fraction of sp³-hybridized carbons (Fsp3) is 1.00. The smallest absolute Gasteiger partial charge is 0.145 e. The number of hydrogen-bond acceptors (Lipinski definition) is 8. The second kappa shape index (κ2) is 28.8. The Labute approximate surface area is 257 Å². The summed E-state index contributed by atoms with van der Waals surface area (Å²) in [7, 11) is 6.90. The molecule has 4 nitrogen and oxygen atoms in total. The van der Waals surface area contributed by atoms with Crippen LogP contribution < -0.4 is 0 Å². The molecule has 0 aliphatic heterocycles. The fourth-order valence-electron chi connectivity index (χ4n) is 3.91. The molecule has 0 N–H and O–H groups in total. The number of rotatable bonds is 31. The standard InChI is InChI=1S/C28H62O4S4Si2/c1-7-13-19-29-27(37-25-11-5,30-20-14-8-2)17-23-33-35-36-34-24-18-28(38-26-12-6,31-21-15-9-3)32-22-16-10-4/h7-26,37-38H2,1-6H3. The first kappa shape index (κ1) is 39.7. The van der Waals surface area contributed by atoms with Gasteiger partial charge in [-0.25, -0.2) is 0 Å². The lowest BCUT2D eigenvalue weighted by Crippen LogP contribution is -2.43. The molecule has 0 aliphatic rings. The average Bonchev–Trinajstić information content (AvgIpc) is 2.92. The van der Waals surface area contributed by atoms with Crippen LogP contribution in [0, 0.1) is 0 Å². The molecule has 0 radical (unpaired) electrons. The van der Waals surface area contributed by atoms with Crippen molar-refractivity contribution in [2.45, 2.75) is 142 Å². The molecule has 38 heavy (non-hydrogen) atoms. The molecule has 0 unspecified atom stereocenters. The molecular weight excluding hydrogens is 585 g/mol. The van der Waals surface area contributed by atoms with Crippen molar-refractivity contribution in [3.8, 4) is 0 Å². The number of unbranched alkanes of at least 4 members (excludes halogenated alkanes) is 4. The third kappa shape index (κ3) is 21.4. The van der Waals surface area contributed by atoms with Crippen LogP contribution in [0.4, 0.5) is 0 Å². The van der Waals surface area contributed by atoms with Crippen molar-refractivity contribution >= 4 is 60.3 Å². The monoisotopic (exact) mass is 646 g/mol. The zero-order valence-corrected chi connectivity index (χ0v) is 31.9. The molecule has 0 rings (SSSR count). The van der Waals surface area contributed by atoms with Crippen LogP contribution in [0.3, 0.4) is 0 Å². The lowest BCUT2D eigenvalue weighted by molar-refractivity contribution is -0.183. The zero-order valence-electron chi connectivity index (χ0n) is 25.8. The Morgan fingerprint density at radius 1 is 0.474 bits per heavy atom. The summed E-state index contributed by atoms with van der Waals surface area (Å²) in [5.74, 6) is 2.17. The Morgan fingerprint density at radius 3 is 1.05 bits per heavy atom. The van der Waals surface area contributed by atoms with Crippen molar-refractivity contribution in [3.05, 3.63) is 0 Å². The van der Waals surface area contributed by atoms with Gasteiger partial charge in [0.15, 0.2) is 0 Å². The van der Waals surface area contributed by atoms with Crippen molar-refractivity contribution in [3.63, 3.8) is 0 Å². The molecule has 230 valence electrons. The van der Waals surface area contributed by atoms with E-state index in [1.54, 1.807) is 0 Å². The maximum atomic E-state index is 6.50. The molecule has 0 aromatic carbocycles. The minimum Gasteiger partial charge on any atom is -0.354 e. The molecular formula is C28H62O4S4Si2. The van der Waals surface area contributed by atoms with Crippen molar-refractivity contribution in [1.82, 2.24) is 0 Å². The van der Waals surface area contributed by atoms with E-state index in [-0.39, 0.29) is 10.8 Å². The highest BCUT2D eigenvalue weighted by Gasteiger charge is 2.32. The van der Waals surface area contributed by atoms with Crippen LogP contribution in [0.2, 0.25) is 12.1 Å². The molecule has 0 spiro atoms. The lowest BCUT2D eigenvalue weighted by Gasteiger charge is -2.34. The Balaban J connectivity index is 4.67. The van der Waals surface area contributed by atoms with Crippen LogP contribution in [0.25, 0.3) is 0 Å². The molecule has 0 aromatic rings. The molecule has 0 atom stereocenters. The van der Waals surface area contributed by atoms with Crippen LogP contribution in [-0.4, -0.2) is 67.8 Å². The molecule has 0 saturated heterocycles. The largest absolute Gasteiger partial charge is 0.354 e. The first-order chi connectivity index (χ1) is 18.6. The van der Waals surface area contributed by atoms with Gasteiger partial charge in [-0.3, -0.25) is 0 Å². The van der Waals surface area contributed by atoms with E-state index in [1.165, 1.54) is 50.6 Å². The van der Waals surface area contributed by atoms with Gasteiger partial charge in [-0.15, -0.1) is 0 Å². The SMILES string of the molecule is CCCCOC(CCSSSSCCC(OCCCC)(OCCCC)[SiH2]CCC)(OCCCC)[SiH2]CCC. The Morgan fingerprint density at radius 2 is 0.789 bits per heavy atom. The van der Waals surface area contributed by atoms with Gasteiger partial charge in [-0.1, -0.05) is 114 Å². The van der Waals surface area contributed by atoms with E-state index >= 15 is 0 Å². The van der Waals surface area contributed by atoms with Crippen LogP contribution >= 0.6 is 41.2 Å². The first-order valence-corrected chi connectivity index (χ1v) is 24.3. The third-order valence-corrected chi connectivity index (χ3v) is 18.2. The molecule has 0 amide bonds. The van der Waals surface area contributed by atoms with E-state index < -0.39 is 19.0 Å². The summed E-state index contributed by atoms with van der Waals surface area (Å²) >= 11 is 0.